The van der Waals surface area contributed by atoms with Gasteiger partial charge in [0.1, 0.15) is 0 Å². The minimum atomic E-state index is 0.125. The van der Waals surface area contributed by atoms with Gasteiger partial charge in [-0.15, -0.1) is 0 Å². The van der Waals surface area contributed by atoms with E-state index in [1.54, 1.807) is 0 Å². The molecule has 0 saturated carbocycles. The topological polar surface area (TPSA) is 38.1 Å². The summed E-state index contributed by atoms with van der Waals surface area (Å²) in [5.41, 5.74) is 0.753. The number of carbonyl (C=O) groups is 1. The highest BCUT2D eigenvalue weighted by Crippen LogP contribution is 2.23. The zero-order chi connectivity index (χ0) is 14.7. The van der Waals surface area contributed by atoms with Crippen molar-refractivity contribution in [2.45, 2.75) is 19.4 Å². The number of piperidine rings is 1. The lowest BCUT2D eigenvalue weighted by Crippen LogP contribution is -2.39. The van der Waals surface area contributed by atoms with Crippen molar-refractivity contribution in [2.75, 3.05) is 13.1 Å². The van der Waals surface area contributed by atoms with Crippen molar-refractivity contribution in [3.8, 4) is 0 Å². The molecule has 0 spiro atoms. The Balaban J connectivity index is 1.58. The van der Waals surface area contributed by atoms with Gasteiger partial charge in [-0.1, -0.05) is 12.1 Å². The van der Waals surface area contributed by atoms with Crippen molar-refractivity contribution in [1.82, 2.24) is 14.7 Å². The fourth-order valence-electron chi connectivity index (χ4n) is 2.80. The SMILES string of the molecule is O=C(c1ccccc1Br)N1CCC(Cn2cccn2)CC1. The Bertz CT molecular complexity index is 604. The maximum atomic E-state index is 12.5. The maximum Gasteiger partial charge on any atom is 0.254 e. The number of halogens is 1. The van der Waals surface area contributed by atoms with Gasteiger partial charge in [-0.2, -0.15) is 5.10 Å². The van der Waals surface area contributed by atoms with Crippen LogP contribution in [0.4, 0.5) is 0 Å². The third-order valence-corrected chi connectivity index (χ3v) is 4.70. The molecular formula is C16H18BrN3O. The summed E-state index contributed by atoms with van der Waals surface area (Å²) in [4.78, 5) is 14.5. The number of carbonyl (C=O) groups excluding carboxylic acids is 1. The van der Waals surface area contributed by atoms with Crippen LogP contribution in [0.25, 0.3) is 0 Å². The van der Waals surface area contributed by atoms with E-state index >= 15 is 0 Å². The summed E-state index contributed by atoms with van der Waals surface area (Å²) in [6.07, 6.45) is 5.89. The highest BCUT2D eigenvalue weighted by molar-refractivity contribution is 9.10. The van der Waals surface area contributed by atoms with E-state index in [0.29, 0.717) is 5.92 Å². The van der Waals surface area contributed by atoms with Crippen LogP contribution in [-0.2, 0) is 6.54 Å². The van der Waals surface area contributed by atoms with E-state index in [1.165, 1.54) is 0 Å². The van der Waals surface area contributed by atoms with Crippen molar-refractivity contribution < 1.29 is 4.79 Å². The first-order chi connectivity index (χ1) is 10.2. The van der Waals surface area contributed by atoms with E-state index in [0.717, 1.165) is 42.5 Å². The summed E-state index contributed by atoms with van der Waals surface area (Å²) in [6, 6.07) is 9.57. The van der Waals surface area contributed by atoms with Crippen molar-refractivity contribution in [3.63, 3.8) is 0 Å². The summed E-state index contributed by atoms with van der Waals surface area (Å²) >= 11 is 3.46. The zero-order valence-electron chi connectivity index (χ0n) is 11.8. The fourth-order valence-corrected chi connectivity index (χ4v) is 3.25. The molecule has 1 aromatic carbocycles. The largest absolute Gasteiger partial charge is 0.339 e. The highest BCUT2D eigenvalue weighted by atomic mass is 79.9. The van der Waals surface area contributed by atoms with Crippen LogP contribution in [0.3, 0.4) is 0 Å². The Morgan fingerprint density at radius 2 is 2.00 bits per heavy atom. The molecule has 0 radical (unpaired) electrons. The van der Waals surface area contributed by atoms with Crippen molar-refractivity contribution >= 4 is 21.8 Å². The molecule has 3 rings (SSSR count). The van der Waals surface area contributed by atoms with Gasteiger partial charge in [-0.05, 0) is 52.9 Å². The van der Waals surface area contributed by atoms with Crippen molar-refractivity contribution in [1.29, 1.82) is 0 Å². The molecule has 21 heavy (non-hydrogen) atoms. The van der Waals surface area contributed by atoms with Gasteiger partial charge >= 0.3 is 0 Å². The quantitative estimate of drug-likeness (QED) is 0.854. The molecule has 110 valence electrons. The third-order valence-electron chi connectivity index (χ3n) is 4.01. The molecule has 1 amide bonds. The second-order valence-corrected chi connectivity index (χ2v) is 6.30. The number of rotatable bonds is 3. The van der Waals surface area contributed by atoms with Crippen molar-refractivity contribution in [2.24, 2.45) is 5.92 Å². The molecule has 1 aliphatic rings. The normalized spacial score (nSPS) is 16.1. The zero-order valence-corrected chi connectivity index (χ0v) is 13.4. The lowest BCUT2D eigenvalue weighted by molar-refractivity contribution is 0.0680. The summed E-state index contributed by atoms with van der Waals surface area (Å²) in [5, 5.41) is 4.25. The summed E-state index contributed by atoms with van der Waals surface area (Å²) < 4.78 is 2.85. The summed E-state index contributed by atoms with van der Waals surface area (Å²) in [5.74, 6) is 0.730. The Hall–Kier alpha value is -1.62. The Kier molecular flexibility index (Phi) is 4.39. The van der Waals surface area contributed by atoms with Crippen LogP contribution >= 0.6 is 15.9 Å². The molecule has 1 aromatic heterocycles. The third kappa shape index (κ3) is 3.35. The molecule has 2 aromatic rings. The molecule has 0 aliphatic carbocycles. The van der Waals surface area contributed by atoms with Gasteiger partial charge in [0.15, 0.2) is 0 Å². The molecule has 1 aliphatic heterocycles. The first-order valence-corrected chi connectivity index (χ1v) is 8.04. The van der Waals surface area contributed by atoms with E-state index in [-0.39, 0.29) is 5.91 Å². The molecule has 0 atom stereocenters. The number of hydrogen-bond acceptors (Lipinski definition) is 2. The number of aromatic nitrogens is 2. The Morgan fingerprint density at radius 1 is 1.24 bits per heavy atom. The maximum absolute atomic E-state index is 12.5. The van der Waals surface area contributed by atoms with E-state index in [2.05, 4.69) is 21.0 Å². The molecular weight excluding hydrogens is 330 g/mol. The molecule has 1 fully saturated rings. The van der Waals surface area contributed by atoms with Gasteiger partial charge in [0.2, 0.25) is 0 Å². The van der Waals surface area contributed by atoms with Gasteiger partial charge in [0, 0.05) is 36.5 Å². The Morgan fingerprint density at radius 3 is 2.67 bits per heavy atom. The predicted molar refractivity (Wildman–Crippen MR) is 85.0 cm³/mol. The smallest absolute Gasteiger partial charge is 0.254 e. The number of benzene rings is 1. The second-order valence-electron chi connectivity index (χ2n) is 5.44. The molecule has 0 N–H and O–H groups in total. The highest BCUT2D eigenvalue weighted by Gasteiger charge is 2.24. The van der Waals surface area contributed by atoms with Crippen LogP contribution in [0.15, 0.2) is 47.2 Å². The average Bonchev–Trinajstić information content (AvgIpc) is 3.01. The molecule has 5 heteroatoms. The predicted octanol–water partition coefficient (Wildman–Crippen LogP) is 3.20. The fraction of sp³-hybridized carbons (Fsp3) is 0.375. The molecule has 0 unspecified atom stereocenters. The number of likely N-dealkylation sites (tertiary alicyclic amines) is 1. The van der Waals surface area contributed by atoms with E-state index < -0.39 is 0 Å². The molecule has 0 bridgehead atoms. The minimum absolute atomic E-state index is 0.125. The van der Waals surface area contributed by atoms with E-state index in [9.17, 15) is 4.79 Å². The first-order valence-electron chi connectivity index (χ1n) is 7.25. The van der Waals surface area contributed by atoms with Gasteiger partial charge < -0.3 is 4.90 Å². The monoisotopic (exact) mass is 347 g/mol. The van der Waals surface area contributed by atoms with Crippen LogP contribution in [0, 0.1) is 5.92 Å². The van der Waals surface area contributed by atoms with Gasteiger partial charge in [0.25, 0.3) is 5.91 Å². The van der Waals surface area contributed by atoms with Crippen LogP contribution in [-0.4, -0.2) is 33.7 Å². The average molecular weight is 348 g/mol. The second kappa shape index (κ2) is 6.43. The lowest BCUT2D eigenvalue weighted by atomic mass is 9.96. The molecule has 2 heterocycles. The standard InChI is InChI=1S/C16H18BrN3O/c17-15-5-2-1-4-14(15)16(21)19-10-6-13(7-11-19)12-20-9-3-8-18-20/h1-5,8-9,13H,6-7,10-12H2. The van der Waals surface area contributed by atoms with Crippen LogP contribution in [0.2, 0.25) is 0 Å². The lowest BCUT2D eigenvalue weighted by Gasteiger charge is -2.32. The van der Waals surface area contributed by atoms with Crippen molar-refractivity contribution in [3.05, 3.63) is 52.8 Å². The van der Waals surface area contributed by atoms with Crippen LogP contribution in [0.5, 0.6) is 0 Å². The van der Waals surface area contributed by atoms with Gasteiger partial charge in [-0.25, -0.2) is 0 Å². The first kappa shape index (κ1) is 14.3. The van der Waals surface area contributed by atoms with Crippen LogP contribution in [0.1, 0.15) is 23.2 Å². The molecule has 4 nitrogen and oxygen atoms in total. The van der Waals surface area contributed by atoms with Gasteiger partial charge in [0.05, 0.1) is 5.56 Å². The molecule has 1 saturated heterocycles. The van der Waals surface area contributed by atoms with E-state index in [1.807, 2.05) is 52.3 Å². The van der Waals surface area contributed by atoms with E-state index in [4.69, 9.17) is 0 Å². The number of amides is 1. The number of hydrogen-bond donors (Lipinski definition) is 0. The van der Waals surface area contributed by atoms with Crippen LogP contribution < -0.4 is 0 Å². The van der Waals surface area contributed by atoms with Gasteiger partial charge in [-0.3, -0.25) is 9.48 Å². The summed E-state index contributed by atoms with van der Waals surface area (Å²) in [6.45, 7) is 2.60. The minimum Gasteiger partial charge on any atom is -0.339 e. The summed E-state index contributed by atoms with van der Waals surface area (Å²) in [7, 11) is 0. The Labute approximate surface area is 132 Å². The number of nitrogens with zero attached hydrogens (tertiary/aromatic N) is 3.